The molecule has 2 atom stereocenters. The summed E-state index contributed by atoms with van der Waals surface area (Å²) in [6.07, 6.45) is 1.74. The van der Waals surface area contributed by atoms with E-state index in [2.05, 4.69) is 10.3 Å². The molecular formula is C15H17N3O. The van der Waals surface area contributed by atoms with Crippen LogP contribution in [0.15, 0.2) is 54.7 Å². The Hall–Kier alpha value is -2.20. The number of hydrogen-bond donors (Lipinski definition) is 2. The van der Waals surface area contributed by atoms with Gasteiger partial charge in [-0.2, -0.15) is 0 Å². The minimum Gasteiger partial charge on any atom is -0.368 e. The Labute approximate surface area is 112 Å². The lowest BCUT2D eigenvalue weighted by atomic mass is 10.0. The van der Waals surface area contributed by atoms with E-state index in [9.17, 15) is 4.79 Å². The van der Waals surface area contributed by atoms with Crippen LogP contribution in [-0.2, 0) is 4.79 Å². The number of benzene rings is 1. The van der Waals surface area contributed by atoms with E-state index in [0.717, 1.165) is 11.3 Å². The fourth-order valence-corrected chi connectivity index (χ4v) is 1.88. The van der Waals surface area contributed by atoms with E-state index < -0.39 is 6.04 Å². The number of carbonyl (C=O) groups is 1. The second-order valence-electron chi connectivity index (χ2n) is 4.39. The molecule has 0 saturated heterocycles. The molecule has 0 saturated carbocycles. The van der Waals surface area contributed by atoms with Crippen molar-refractivity contribution in [2.24, 2.45) is 5.73 Å². The summed E-state index contributed by atoms with van der Waals surface area (Å²) in [7, 11) is 0. The van der Waals surface area contributed by atoms with Crippen molar-refractivity contribution in [1.82, 2.24) is 10.3 Å². The highest BCUT2D eigenvalue weighted by atomic mass is 16.1. The number of pyridine rings is 1. The molecule has 0 aliphatic heterocycles. The van der Waals surface area contributed by atoms with Gasteiger partial charge in [-0.25, -0.2) is 0 Å². The zero-order valence-corrected chi connectivity index (χ0v) is 10.8. The Morgan fingerprint density at radius 2 is 1.84 bits per heavy atom. The molecule has 2 aromatic rings. The second-order valence-corrected chi connectivity index (χ2v) is 4.39. The van der Waals surface area contributed by atoms with Crippen molar-refractivity contribution < 1.29 is 4.79 Å². The minimum absolute atomic E-state index is 0.148. The molecule has 3 N–H and O–H groups in total. The minimum atomic E-state index is -0.424. The Morgan fingerprint density at radius 1 is 1.16 bits per heavy atom. The predicted octanol–water partition coefficient (Wildman–Crippen LogP) is 1.63. The lowest BCUT2D eigenvalue weighted by molar-refractivity contribution is -0.119. The van der Waals surface area contributed by atoms with Gasteiger partial charge in [0.05, 0.1) is 17.8 Å². The van der Waals surface area contributed by atoms with Gasteiger partial charge in [0.15, 0.2) is 0 Å². The third-order valence-electron chi connectivity index (χ3n) is 2.96. The maximum absolute atomic E-state index is 11.2. The topological polar surface area (TPSA) is 68.0 Å². The van der Waals surface area contributed by atoms with Crippen molar-refractivity contribution in [1.29, 1.82) is 0 Å². The van der Waals surface area contributed by atoms with Crippen LogP contribution in [0.5, 0.6) is 0 Å². The molecular weight excluding hydrogens is 238 g/mol. The zero-order chi connectivity index (χ0) is 13.7. The van der Waals surface area contributed by atoms with Gasteiger partial charge in [0, 0.05) is 6.20 Å². The second kappa shape index (κ2) is 6.11. The maximum Gasteiger partial charge on any atom is 0.234 e. The highest BCUT2D eigenvalue weighted by molar-refractivity contribution is 5.79. The molecule has 4 heteroatoms. The number of nitrogens with zero attached hydrogens (tertiary/aromatic N) is 1. The van der Waals surface area contributed by atoms with E-state index in [-0.39, 0.29) is 11.9 Å². The van der Waals surface area contributed by atoms with Crippen LogP contribution in [0.3, 0.4) is 0 Å². The standard InChI is InChI=1S/C15H17N3O/c1-11(15(16)19)18-14(12-7-3-2-4-8-12)13-9-5-6-10-17-13/h2-11,14,18H,1H3,(H2,16,19)/t11-,14+/m1/s1. The van der Waals surface area contributed by atoms with E-state index in [1.807, 2.05) is 48.5 Å². The van der Waals surface area contributed by atoms with Gasteiger partial charge in [-0.1, -0.05) is 36.4 Å². The van der Waals surface area contributed by atoms with Crippen molar-refractivity contribution in [3.8, 4) is 0 Å². The van der Waals surface area contributed by atoms with Crippen LogP contribution in [0.4, 0.5) is 0 Å². The Morgan fingerprint density at radius 3 is 2.42 bits per heavy atom. The van der Waals surface area contributed by atoms with E-state index in [4.69, 9.17) is 5.73 Å². The van der Waals surface area contributed by atoms with E-state index >= 15 is 0 Å². The summed E-state index contributed by atoms with van der Waals surface area (Å²) in [6.45, 7) is 1.75. The molecule has 1 amide bonds. The molecule has 1 aromatic carbocycles. The van der Waals surface area contributed by atoms with Crippen molar-refractivity contribution >= 4 is 5.91 Å². The van der Waals surface area contributed by atoms with Gasteiger partial charge >= 0.3 is 0 Å². The van der Waals surface area contributed by atoms with Crippen LogP contribution in [0, 0.1) is 0 Å². The quantitative estimate of drug-likeness (QED) is 0.853. The van der Waals surface area contributed by atoms with Crippen molar-refractivity contribution in [3.63, 3.8) is 0 Å². The molecule has 1 aromatic heterocycles. The number of aromatic nitrogens is 1. The molecule has 0 spiro atoms. The van der Waals surface area contributed by atoms with Gasteiger partial charge in [0.2, 0.25) is 5.91 Å². The van der Waals surface area contributed by atoms with Gasteiger partial charge in [-0.15, -0.1) is 0 Å². The van der Waals surface area contributed by atoms with Gasteiger partial charge in [0.25, 0.3) is 0 Å². The molecule has 1 heterocycles. The molecule has 4 nitrogen and oxygen atoms in total. The fourth-order valence-electron chi connectivity index (χ4n) is 1.88. The van der Waals surface area contributed by atoms with Crippen LogP contribution in [0.1, 0.15) is 24.2 Å². The molecule has 19 heavy (non-hydrogen) atoms. The molecule has 2 rings (SSSR count). The molecule has 0 unspecified atom stereocenters. The summed E-state index contributed by atoms with van der Waals surface area (Å²) >= 11 is 0. The van der Waals surface area contributed by atoms with Gasteiger partial charge in [-0.05, 0) is 24.6 Å². The van der Waals surface area contributed by atoms with Crippen LogP contribution in [0.2, 0.25) is 0 Å². The molecule has 0 fully saturated rings. The first-order valence-electron chi connectivity index (χ1n) is 6.19. The Bertz CT molecular complexity index is 488. The average Bonchev–Trinajstić information content (AvgIpc) is 2.46. The summed E-state index contributed by atoms with van der Waals surface area (Å²) in [6, 6.07) is 15.0. The number of nitrogens with two attached hydrogens (primary N) is 1. The first kappa shape index (κ1) is 13.2. The summed E-state index contributed by atoms with van der Waals surface area (Å²) < 4.78 is 0. The highest BCUT2D eigenvalue weighted by Crippen LogP contribution is 2.20. The van der Waals surface area contributed by atoms with Crippen molar-refractivity contribution in [2.75, 3.05) is 0 Å². The van der Waals surface area contributed by atoms with Gasteiger partial charge < -0.3 is 5.73 Å². The summed E-state index contributed by atoms with van der Waals surface area (Å²) in [5.74, 6) is -0.378. The number of hydrogen-bond acceptors (Lipinski definition) is 3. The predicted molar refractivity (Wildman–Crippen MR) is 74.3 cm³/mol. The van der Waals surface area contributed by atoms with Crippen LogP contribution < -0.4 is 11.1 Å². The molecule has 0 aliphatic carbocycles. The van der Waals surface area contributed by atoms with Crippen LogP contribution in [-0.4, -0.2) is 16.9 Å². The maximum atomic E-state index is 11.2. The molecule has 0 aliphatic rings. The zero-order valence-electron chi connectivity index (χ0n) is 10.8. The SMILES string of the molecule is C[C@@H](N[C@@H](c1ccccc1)c1ccccn1)C(N)=O. The first-order valence-corrected chi connectivity index (χ1v) is 6.19. The average molecular weight is 255 g/mol. The summed E-state index contributed by atoms with van der Waals surface area (Å²) in [5, 5.41) is 3.21. The third kappa shape index (κ3) is 3.39. The Kier molecular flexibility index (Phi) is 4.26. The number of carbonyl (C=O) groups excluding carboxylic acids is 1. The normalized spacial score (nSPS) is 13.7. The van der Waals surface area contributed by atoms with E-state index in [1.165, 1.54) is 0 Å². The summed E-state index contributed by atoms with van der Waals surface area (Å²) in [4.78, 5) is 15.6. The third-order valence-corrected chi connectivity index (χ3v) is 2.96. The fraction of sp³-hybridized carbons (Fsp3) is 0.200. The largest absolute Gasteiger partial charge is 0.368 e. The monoisotopic (exact) mass is 255 g/mol. The molecule has 0 bridgehead atoms. The van der Waals surface area contributed by atoms with Crippen molar-refractivity contribution in [3.05, 3.63) is 66.0 Å². The van der Waals surface area contributed by atoms with Crippen LogP contribution >= 0.6 is 0 Å². The number of amides is 1. The Balaban J connectivity index is 2.32. The lowest BCUT2D eigenvalue weighted by Gasteiger charge is -2.21. The number of nitrogens with one attached hydrogen (secondary N) is 1. The number of rotatable bonds is 5. The van der Waals surface area contributed by atoms with E-state index in [0.29, 0.717) is 0 Å². The number of primary amides is 1. The van der Waals surface area contributed by atoms with Gasteiger partial charge in [-0.3, -0.25) is 15.1 Å². The van der Waals surface area contributed by atoms with Crippen LogP contribution in [0.25, 0.3) is 0 Å². The molecule has 98 valence electrons. The lowest BCUT2D eigenvalue weighted by Crippen LogP contribution is -2.41. The molecule has 0 radical (unpaired) electrons. The highest BCUT2D eigenvalue weighted by Gasteiger charge is 2.19. The van der Waals surface area contributed by atoms with Crippen molar-refractivity contribution in [2.45, 2.75) is 19.0 Å². The summed E-state index contributed by atoms with van der Waals surface area (Å²) in [5.41, 5.74) is 7.23. The van der Waals surface area contributed by atoms with E-state index in [1.54, 1.807) is 13.1 Å². The smallest absolute Gasteiger partial charge is 0.234 e. The first-order chi connectivity index (χ1) is 9.18. The van der Waals surface area contributed by atoms with Gasteiger partial charge in [0.1, 0.15) is 0 Å².